The maximum Gasteiger partial charge on any atom is 0.336 e. The minimum Gasteiger partial charge on any atom is -0.497 e. The zero-order valence-corrected chi connectivity index (χ0v) is 14.7. The molecule has 1 N–H and O–H groups in total. The van der Waals surface area contributed by atoms with E-state index in [1.54, 1.807) is 13.2 Å². The predicted octanol–water partition coefficient (Wildman–Crippen LogP) is 3.88. The van der Waals surface area contributed by atoms with Gasteiger partial charge in [-0.25, -0.2) is 9.78 Å². The number of methoxy groups -OCH3 is 1. The number of nitrogens with zero attached hydrogens (tertiary/aromatic N) is 2. The van der Waals surface area contributed by atoms with Crippen LogP contribution < -0.4 is 10.4 Å². The molecule has 4 aromatic rings. The standard InChI is InChI=1S/C19H15N3O3S/c1-24-14-7-8-15-13(9-17(23)25-16(15)10-14)11-26-19-20-18(21-22-19)12-5-3-2-4-6-12/h2-10H,11H2,1H3,(H,20,21,22). The van der Waals surface area contributed by atoms with Crippen LogP contribution in [0.25, 0.3) is 22.4 Å². The number of hydrogen-bond acceptors (Lipinski definition) is 6. The lowest BCUT2D eigenvalue weighted by atomic mass is 10.1. The van der Waals surface area contributed by atoms with E-state index in [9.17, 15) is 4.79 Å². The second kappa shape index (κ2) is 7.05. The summed E-state index contributed by atoms with van der Waals surface area (Å²) in [5.74, 6) is 1.92. The zero-order chi connectivity index (χ0) is 17.9. The van der Waals surface area contributed by atoms with Crippen LogP contribution in [0.15, 0.2) is 69.0 Å². The molecule has 0 bridgehead atoms. The molecule has 2 aromatic heterocycles. The highest BCUT2D eigenvalue weighted by molar-refractivity contribution is 7.98. The minimum atomic E-state index is -0.388. The third-order valence-corrected chi connectivity index (χ3v) is 4.80. The molecule has 0 unspecified atom stereocenters. The zero-order valence-electron chi connectivity index (χ0n) is 13.9. The normalized spacial score (nSPS) is 11.0. The Morgan fingerprint density at radius 2 is 2.00 bits per heavy atom. The van der Waals surface area contributed by atoms with E-state index in [1.807, 2.05) is 42.5 Å². The molecule has 4 rings (SSSR count). The lowest BCUT2D eigenvalue weighted by molar-refractivity contribution is 0.414. The Labute approximate surface area is 153 Å². The molecule has 0 fully saturated rings. The van der Waals surface area contributed by atoms with Gasteiger partial charge in [-0.05, 0) is 17.7 Å². The average Bonchev–Trinajstić information content (AvgIpc) is 3.15. The van der Waals surface area contributed by atoms with Crippen molar-refractivity contribution in [3.63, 3.8) is 0 Å². The smallest absolute Gasteiger partial charge is 0.336 e. The molecule has 0 saturated heterocycles. The SMILES string of the molecule is COc1ccc2c(CSc3n[nH]c(-c4ccccc4)n3)cc(=O)oc2c1. The van der Waals surface area contributed by atoms with Crippen LogP contribution in [0.2, 0.25) is 0 Å². The average molecular weight is 365 g/mol. The van der Waals surface area contributed by atoms with E-state index >= 15 is 0 Å². The van der Waals surface area contributed by atoms with Crippen molar-refractivity contribution in [2.75, 3.05) is 7.11 Å². The van der Waals surface area contributed by atoms with Crippen molar-refractivity contribution in [1.82, 2.24) is 15.2 Å². The third-order valence-electron chi connectivity index (χ3n) is 3.91. The van der Waals surface area contributed by atoms with E-state index in [-0.39, 0.29) is 5.63 Å². The van der Waals surface area contributed by atoms with Crippen LogP contribution >= 0.6 is 11.8 Å². The van der Waals surface area contributed by atoms with Gasteiger partial charge in [0, 0.05) is 28.8 Å². The molecular formula is C19H15N3O3S. The molecule has 2 aromatic carbocycles. The highest BCUT2D eigenvalue weighted by Crippen LogP contribution is 2.27. The second-order valence-electron chi connectivity index (χ2n) is 5.57. The Balaban J connectivity index is 1.58. The van der Waals surface area contributed by atoms with Crippen LogP contribution in [0.1, 0.15) is 5.56 Å². The fourth-order valence-corrected chi connectivity index (χ4v) is 3.42. The van der Waals surface area contributed by atoms with E-state index < -0.39 is 0 Å². The quantitative estimate of drug-likeness (QED) is 0.427. The summed E-state index contributed by atoms with van der Waals surface area (Å²) in [7, 11) is 1.58. The molecule has 26 heavy (non-hydrogen) atoms. The highest BCUT2D eigenvalue weighted by Gasteiger charge is 2.10. The van der Waals surface area contributed by atoms with E-state index in [0.717, 1.165) is 22.3 Å². The van der Waals surface area contributed by atoms with Crippen LogP contribution in [-0.4, -0.2) is 22.3 Å². The van der Waals surface area contributed by atoms with Gasteiger partial charge in [0.05, 0.1) is 7.11 Å². The second-order valence-corrected chi connectivity index (χ2v) is 6.52. The van der Waals surface area contributed by atoms with Gasteiger partial charge in [-0.15, -0.1) is 5.10 Å². The fourth-order valence-electron chi connectivity index (χ4n) is 2.64. The summed E-state index contributed by atoms with van der Waals surface area (Å²) >= 11 is 1.46. The van der Waals surface area contributed by atoms with Gasteiger partial charge in [-0.2, -0.15) is 0 Å². The number of thioether (sulfide) groups is 1. The summed E-state index contributed by atoms with van der Waals surface area (Å²) in [5, 5.41) is 8.68. The number of nitrogens with one attached hydrogen (secondary N) is 1. The maximum absolute atomic E-state index is 11.9. The van der Waals surface area contributed by atoms with Crippen molar-refractivity contribution in [3.8, 4) is 17.1 Å². The summed E-state index contributed by atoms with van der Waals surface area (Å²) in [6.45, 7) is 0. The summed E-state index contributed by atoms with van der Waals surface area (Å²) in [6, 6.07) is 16.8. The molecule has 0 saturated carbocycles. The van der Waals surface area contributed by atoms with Gasteiger partial charge in [0.2, 0.25) is 5.16 Å². The van der Waals surface area contributed by atoms with Gasteiger partial charge in [0.1, 0.15) is 11.3 Å². The molecule has 2 heterocycles. The first-order valence-corrected chi connectivity index (χ1v) is 8.93. The van der Waals surface area contributed by atoms with Crippen molar-refractivity contribution in [1.29, 1.82) is 0 Å². The molecular weight excluding hydrogens is 350 g/mol. The van der Waals surface area contributed by atoms with Gasteiger partial charge >= 0.3 is 5.63 Å². The van der Waals surface area contributed by atoms with Gasteiger partial charge in [0.15, 0.2) is 5.82 Å². The molecule has 0 spiro atoms. The number of fused-ring (bicyclic) bond motifs is 1. The Morgan fingerprint density at radius 1 is 1.15 bits per heavy atom. The number of hydrogen-bond donors (Lipinski definition) is 1. The highest BCUT2D eigenvalue weighted by atomic mass is 32.2. The van der Waals surface area contributed by atoms with E-state index in [2.05, 4.69) is 15.2 Å². The van der Waals surface area contributed by atoms with Crippen LogP contribution in [0.5, 0.6) is 5.75 Å². The van der Waals surface area contributed by atoms with Crippen LogP contribution in [0, 0.1) is 0 Å². The number of rotatable bonds is 5. The molecule has 0 aliphatic heterocycles. The topological polar surface area (TPSA) is 81.0 Å². The number of benzene rings is 2. The molecule has 0 aliphatic carbocycles. The molecule has 0 aliphatic rings. The number of aromatic amines is 1. The summed E-state index contributed by atoms with van der Waals surface area (Å²) in [5.41, 5.74) is 1.97. The van der Waals surface area contributed by atoms with Crippen LogP contribution in [0.3, 0.4) is 0 Å². The van der Waals surface area contributed by atoms with E-state index in [1.165, 1.54) is 17.8 Å². The first kappa shape index (κ1) is 16.4. The summed E-state index contributed by atoms with van der Waals surface area (Å²) in [4.78, 5) is 16.4. The Kier molecular flexibility index (Phi) is 4.45. The van der Waals surface area contributed by atoms with Crippen molar-refractivity contribution < 1.29 is 9.15 Å². The Bertz CT molecular complexity index is 1110. The third kappa shape index (κ3) is 3.34. The predicted molar refractivity (Wildman–Crippen MR) is 100 cm³/mol. The summed E-state index contributed by atoms with van der Waals surface area (Å²) in [6.07, 6.45) is 0. The molecule has 130 valence electrons. The number of ether oxygens (including phenoxy) is 1. The largest absolute Gasteiger partial charge is 0.497 e. The Hall–Kier alpha value is -3.06. The Morgan fingerprint density at radius 3 is 2.81 bits per heavy atom. The number of aromatic nitrogens is 3. The summed E-state index contributed by atoms with van der Waals surface area (Å²) < 4.78 is 10.5. The van der Waals surface area contributed by atoms with Crippen molar-refractivity contribution >= 4 is 22.7 Å². The van der Waals surface area contributed by atoms with Crippen LogP contribution in [0.4, 0.5) is 0 Å². The molecule has 0 amide bonds. The molecule has 7 heteroatoms. The molecule has 6 nitrogen and oxygen atoms in total. The first-order valence-electron chi connectivity index (χ1n) is 7.94. The number of H-pyrrole nitrogens is 1. The maximum atomic E-state index is 11.9. The molecule has 0 atom stereocenters. The monoisotopic (exact) mass is 365 g/mol. The van der Waals surface area contributed by atoms with Gasteiger partial charge in [-0.1, -0.05) is 42.1 Å². The van der Waals surface area contributed by atoms with Crippen molar-refractivity contribution in [2.24, 2.45) is 0 Å². The lowest BCUT2D eigenvalue weighted by Gasteiger charge is -2.05. The molecule has 0 radical (unpaired) electrons. The first-order chi connectivity index (χ1) is 12.7. The van der Waals surface area contributed by atoms with Crippen LogP contribution in [-0.2, 0) is 5.75 Å². The van der Waals surface area contributed by atoms with Gasteiger partial charge in [-0.3, -0.25) is 5.10 Å². The van der Waals surface area contributed by atoms with Crippen molar-refractivity contribution in [3.05, 3.63) is 70.6 Å². The lowest BCUT2D eigenvalue weighted by Crippen LogP contribution is -2.00. The van der Waals surface area contributed by atoms with Gasteiger partial charge in [0.25, 0.3) is 0 Å². The van der Waals surface area contributed by atoms with Crippen molar-refractivity contribution in [2.45, 2.75) is 10.9 Å². The van der Waals surface area contributed by atoms with Gasteiger partial charge < -0.3 is 9.15 Å². The fraction of sp³-hybridized carbons (Fsp3) is 0.105. The van der Waals surface area contributed by atoms with E-state index in [4.69, 9.17) is 9.15 Å². The minimum absolute atomic E-state index is 0.388. The van der Waals surface area contributed by atoms with E-state index in [0.29, 0.717) is 22.2 Å².